The maximum absolute atomic E-state index is 11.5. The number of aromatic carboxylic acids is 1. The van der Waals surface area contributed by atoms with E-state index in [1.165, 1.54) is 12.1 Å². The summed E-state index contributed by atoms with van der Waals surface area (Å²) in [6, 6.07) is 4.32. The molecule has 0 radical (unpaired) electrons. The number of carboxylic acid groups (broad SMARTS) is 1. The lowest BCUT2D eigenvalue weighted by molar-refractivity contribution is 0.0697. The lowest BCUT2D eigenvalue weighted by atomic mass is 10.1. The van der Waals surface area contributed by atoms with Crippen molar-refractivity contribution in [2.45, 2.75) is 12.5 Å². The van der Waals surface area contributed by atoms with Crippen molar-refractivity contribution in [3.63, 3.8) is 0 Å². The number of carbonyl (C=O) groups is 1. The molecule has 1 unspecified atom stereocenters. The van der Waals surface area contributed by atoms with Crippen LogP contribution < -0.4 is 10.6 Å². The van der Waals surface area contributed by atoms with E-state index < -0.39 is 15.8 Å². The third kappa shape index (κ3) is 2.81. The highest BCUT2D eigenvalue weighted by Crippen LogP contribution is 2.28. The minimum Gasteiger partial charge on any atom is -0.478 e. The largest absolute Gasteiger partial charge is 0.478 e. The molecule has 0 amide bonds. The maximum Gasteiger partial charge on any atom is 0.337 e. The van der Waals surface area contributed by atoms with Gasteiger partial charge in [0, 0.05) is 18.8 Å². The third-order valence-corrected chi connectivity index (χ3v) is 5.14. The van der Waals surface area contributed by atoms with Crippen LogP contribution >= 0.6 is 0 Å². The Hall–Kier alpha value is -1.76. The van der Waals surface area contributed by atoms with Crippen LogP contribution in [0.15, 0.2) is 18.2 Å². The average molecular weight is 284 g/mol. The Morgan fingerprint density at radius 1 is 1.47 bits per heavy atom. The van der Waals surface area contributed by atoms with Gasteiger partial charge in [0.05, 0.1) is 22.8 Å². The number of hydrogen-bond donors (Lipinski definition) is 2. The lowest BCUT2D eigenvalue weighted by Gasteiger charge is -2.27. The van der Waals surface area contributed by atoms with Gasteiger partial charge in [-0.25, -0.2) is 13.2 Å². The molecule has 19 heavy (non-hydrogen) atoms. The van der Waals surface area contributed by atoms with Crippen molar-refractivity contribution in [3.05, 3.63) is 23.8 Å². The molecule has 1 heterocycles. The zero-order valence-electron chi connectivity index (χ0n) is 10.5. The van der Waals surface area contributed by atoms with E-state index in [2.05, 4.69) is 0 Å². The number of nitrogen functional groups attached to an aromatic ring is 1. The van der Waals surface area contributed by atoms with E-state index in [1.54, 1.807) is 18.0 Å². The van der Waals surface area contributed by atoms with Crippen molar-refractivity contribution in [2.75, 3.05) is 29.2 Å². The summed E-state index contributed by atoms with van der Waals surface area (Å²) in [5.74, 6) is -0.855. The number of rotatable bonds is 3. The SMILES string of the molecule is CN(c1cc(N)ccc1C(=O)O)C1CCS(=O)(=O)C1. The third-order valence-electron chi connectivity index (χ3n) is 3.39. The molecule has 0 saturated carbocycles. The molecular weight excluding hydrogens is 268 g/mol. The molecule has 1 atom stereocenters. The Morgan fingerprint density at radius 3 is 2.68 bits per heavy atom. The average Bonchev–Trinajstić information content (AvgIpc) is 2.68. The lowest BCUT2D eigenvalue weighted by Crippen LogP contribution is -2.33. The van der Waals surface area contributed by atoms with Crippen molar-refractivity contribution >= 4 is 27.2 Å². The van der Waals surface area contributed by atoms with Crippen molar-refractivity contribution in [3.8, 4) is 0 Å². The highest BCUT2D eigenvalue weighted by Gasteiger charge is 2.32. The Bertz CT molecular complexity index is 612. The maximum atomic E-state index is 11.5. The summed E-state index contributed by atoms with van der Waals surface area (Å²) in [4.78, 5) is 12.9. The van der Waals surface area contributed by atoms with Gasteiger partial charge in [-0.2, -0.15) is 0 Å². The fourth-order valence-corrected chi connectivity index (χ4v) is 4.07. The first-order chi connectivity index (χ1) is 8.80. The monoisotopic (exact) mass is 284 g/mol. The molecule has 3 N–H and O–H groups in total. The standard InChI is InChI=1S/C12H16N2O4S/c1-14(9-4-5-19(17,18)7-9)11-6-8(13)2-3-10(11)12(15)16/h2-3,6,9H,4-5,7,13H2,1H3,(H,15,16). The van der Waals surface area contributed by atoms with E-state index in [1.807, 2.05) is 0 Å². The number of benzene rings is 1. The van der Waals surface area contributed by atoms with Crippen LogP contribution in [0.4, 0.5) is 11.4 Å². The van der Waals surface area contributed by atoms with Crippen molar-refractivity contribution in [1.82, 2.24) is 0 Å². The van der Waals surface area contributed by atoms with Crippen LogP contribution in [0.1, 0.15) is 16.8 Å². The van der Waals surface area contributed by atoms with Gasteiger partial charge in [0.2, 0.25) is 0 Å². The Balaban J connectivity index is 2.36. The van der Waals surface area contributed by atoms with Gasteiger partial charge in [-0.1, -0.05) is 0 Å². The van der Waals surface area contributed by atoms with Gasteiger partial charge >= 0.3 is 5.97 Å². The Labute approximate surface area is 111 Å². The predicted octanol–water partition coefficient (Wildman–Crippen LogP) is 0.590. The molecule has 0 aromatic heterocycles. The summed E-state index contributed by atoms with van der Waals surface area (Å²) < 4.78 is 23.0. The van der Waals surface area contributed by atoms with E-state index in [-0.39, 0.29) is 23.1 Å². The molecule has 1 fully saturated rings. The van der Waals surface area contributed by atoms with Crippen molar-refractivity contribution < 1.29 is 18.3 Å². The van der Waals surface area contributed by atoms with E-state index in [0.717, 1.165) is 0 Å². The zero-order valence-corrected chi connectivity index (χ0v) is 11.4. The van der Waals surface area contributed by atoms with Gasteiger partial charge in [-0.3, -0.25) is 0 Å². The topological polar surface area (TPSA) is 101 Å². The number of nitrogens with two attached hydrogens (primary N) is 1. The predicted molar refractivity (Wildman–Crippen MR) is 73.3 cm³/mol. The van der Waals surface area contributed by atoms with Gasteiger partial charge in [-0.15, -0.1) is 0 Å². The van der Waals surface area contributed by atoms with Crippen LogP contribution in [0, 0.1) is 0 Å². The molecule has 1 aliphatic heterocycles. The Kier molecular flexibility index (Phi) is 3.40. The quantitative estimate of drug-likeness (QED) is 0.788. The molecule has 7 heteroatoms. The highest BCUT2D eigenvalue weighted by molar-refractivity contribution is 7.91. The summed E-state index contributed by atoms with van der Waals surface area (Å²) in [6.45, 7) is 0. The van der Waals surface area contributed by atoms with Crippen LogP contribution in [0.5, 0.6) is 0 Å². The van der Waals surface area contributed by atoms with Crippen LogP contribution in [0.25, 0.3) is 0 Å². The number of anilines is 2. The van der Waals surface area contributed by atoms with Gasteiger partial charge in [-0.05, 0) is 24.6 Å². The molecule has 0 aliphatic carbocycles. The highest BCUT2D eigenvalue weighted by atomic mass is 32.2. The van der Waals surface area contributed by atoms with Gasteiger partial charge < -0.3 is 15.7 Å². The van der Waals surface area contributed by atoms with Gasteiger partial charge in [0.1, 0.15) is 0 Å². The molecule has 0 bridgehead atoms. The first-order valence-electron chi connectivity index (χ1n) is 5.86. The van der Waals surface area contributed by atoms with Gasteiger partial charge in [0.25, 0.3) is 0 Å². The number of sulfone groups is 1. The summed E-state index contributed by atoms with van der Waals surface area (Å²) in [6.07, 6.45) is 0.507. The fourth-order valence-electron chi connectivity index (χ4n) is 2.30. The first-order valence-corrected chi connectivity index (χ1v) is 7.68. The zero-order chi connectivity index (χ0) is 14.2. The summed E-state index contributed by atoms with van der Waals surface area (Å²) in [5.41, 5.74) is 6.71. The van der Waals surface area contributed by atoms with Crippen molar-refractivity contribution in [2.24, 2.45) is 0 Å². The molecule has 1 aromatic rings. The molecule has 104 valence electrons. The van der Waals surface area contributed by atoms with Crippen LogP contribution in [0.3, 0.4) is 0 Å². The van der Waals surface area contributed by atoms with Crippen molar-refractivity contribution in [1.29, 1.82) is 0 Å². The van der Waals surface area contributed by atoms with E-state index in [0.29, 0.717) is 17.8 Å². The molecule has 1 aliphatic rings. The Morgan fingerprint density at radius 2 is 2.16 bits per heavy atom. The van der Waals surface area contributed by atoms with Crippen LogP contribution in [-0.2, 0) is 9.84 Å². The van der Waals surface area contributed by atoms with E-state index in [9.17, 15) is 13.2 Å². The number of carboxylic acids is 1. The molecule has 2 rings (SSSR count). The smallest absolute Gasteiger partial charge is 0.337 e. The summed E-state index contributed by atoms with van der Waals surface area (Å²) >= 11 is 0. The van der Waals surface area contributed by atoms with E-state index in [4.69, 9.17) is 10.8 Å². The second-order valence-corrected chi connectivity index (χ2v) is 6.98. The normalized spacial score (nSPS) is 21.2. The van der Waals surface area contributed by atoms with E-state index >= 15 is 0 Å². The van der Waals surface area contributed by atoms with Gasteiger partial charge in [0.15, 0.2) is 9.84 Å². The molecule has 1 aromatic carbocycles. The number of nitrogens with zero attached hydrogens (tertiary/aromatic N) is 1. The number of hydrogen-bond acceptors (Lipinski definition) is 5. The summed E-state index contributed by atoms with van der Waals surface area (Å²) in [7, 11) is -1.31. The molecule has 1 saturated heterocycles. The summed E-state index contributed by atoms with van der Waals surface area (Å²) in [5, 5.41) is 9.17. The minimum absolute atomic E-state index is 0.0529. The second-order valence-electron chi connectivity index (χ2n) is 4.75. The molecule has 6 nitrogen and oxygen atoms in total. The fraction of sp³-hybridized carbons (Fsp3) is 0.417. The molecule has 0 spiro atoms. The second kappa shape index (κ2) is 4.73. The first kappa shape index (κ1) is 13.7. The van der Waals surface area contributed by atoms with Crippen LogP contribution in [-0.4, -0.2) is 44.1 Å². The molecular formula is C12H16N2O4S. The minimum atomic E-state index is -3.01. The van der Waals surface area contributed by atoms with Crippen LogP contribution in [0.2, 0.25) is 0 Å².